The number of fused-ring (bicyclic) bond motifs is 1. The molecule has 0 N–H and O–H groups in total. The van der Waals surface area contributed by atoms with Crippen molar-refractivity contribution in [2.24, 2.45) is 0 Å². The van der Waals surface area contributed by atoms with Crippen LogP contribution >= 0.6 is 0 Å². The molecule has 1 amide bonds. The van der Waals surface area contributed by atoms with Gasteiger partial charge < -0.3 is 4.90 Å². The van der Waals surface area contributed by atoms with E-state index in [9.17, 15) is 13.6 Å². The Morgan fingerprint density at radius 2 is 1.59 bits per heavy atom. The molecule has 3 nitrogen and oxygen atoms in total. The van der Waals surface area contributed by atoms with Crippen LogP contribution in [0.1, 0.15) is 12.5 Å². The average Bonchev–Trinajstić information content (AvgIpc) is 2.68. The summed E-state index contributed by atoms with van der Waals surface area (Å²) >= 11 is 0. The molecule has 3 aromatic rings. The van der Waals surface area contributed by atoms with Crippen LogP contribution in [-0.4, -0.2) is 29.9 Å². The summed E-state index contributed by atoms with van der Waals surface area (Å²) in [5, 5.41) is 2.10. The van der Waals surface area contributed by atoms with Crippen LogP contribution in [0.3, 0.4) is 0 Å². The second-order valence-corrected chi connectivity index (χ2v) is 6.83. The minimum atomic E-state index is -0.578. The van der Waals surface area contributed by atoms with Gasteiger partial charge in [0.15, 0.2) is 0 Å². The number of anilines is 1. The largest absolute Gasteiger partial charge is 0.309 e. The molecule has 0 radical (unpaired) electrons. The number of rotatable bonds is 3. The standard InChI is InChI=1S/C22H20F2N2O/c1-15-22(27)26(21-11-4-7-16-6-2-3-8-17(16)21)13-12-25(15)14-18-19(23)9-5-10-20(18)24/h2-11,15H,12-14H2,1H3/t15-/m0/s1. The van der Waals surface area contributed by atoms with E-state index in [0.717, 1.165) is 16.5 Å². The van der Waals surface area contributed by atoms with Crippen LogP contribution in [0, 0.1) is 11.6 Å². The molecule has 0 spiro atoms. The van der Waals surface area contributed by atoms with Gasteiger partial charge in [-0.15, -0.1) is 0 Å². The van der Waals surface area contributed by atoms with Gasteiger partial charge in [0, 0.05) is 30.6 Å². The summed E-state index contributed by atoms with van der Waals surface area (Å²) in [4.78, 5) is 16.6. The first-order valence-electron chi connectivity index (χ1n) is 9.02. The van der Waals surface area contributed by atoms with Gasteiger partial charge in [0.2, 0.25) is 5.91 Å². The Kier molecular flexibility index (Phi) is 4.62. The highest BCUT2D eigenvalue weighted by molar-refractivity contribution is 6.05. The van der Waals surface area contributed by atoms with Gasteiger partial charge >= 0.3 is 0 Å². The lowest BCUT2D eigenvalue weighted by Crippen LogP contribution is -2.55. The predicted octanol–water partition coefficient (Wildman–Crippen LogP) is 4.36. The molecule has 1 fully saturated rings. The minimum Gasteiger partial charge on any atom is -0.309 e. The van der Waals surface area contributed by atoms with Crippen molar-refractivity contribution in [2.75, 3.05) is 18.0 Å². The summed E-state index contributed by atoms with van der Waals surface area (Å²) < 4.78 is 28.0. The van der Waals surface area contributed by atoms with E-state index in [1.54, 1.807) is 11.8 Å². The Labute approximate surface area is 156 Å². The lowest BCUT2D eigenvalue weighted by Gasteiger charge is -2.39. The molecule has 1 atom stereocenters. The summed E-state index contributed by atoms with van der Waals surface area (Å²) in [6.07, 6.45) is 0. The number of halogens is 2. The molecule has 1 heterocycles. The van der Waals surface area contributed by atoms with Crippen molar-refractivity contribution in [1.29, 1.82) is 0 Å². The van der Waals surface area contributed by atoms with Gasteiger partial charge in [0.05, 0.1) is 11.7 Å². The van der Waals surface area contributed by atoms with E-state index in [2.05, 4.69) is 0 Å². The van der Waals surface area contributed by atoms with E-state index >= 15 is 0 Å². The van der Waals surface area contributed by atoms with Crippen molar-refractivity contribution in [2.45, 2.75) is 19.5 Å². The Balaban J connectivity index is 1.60. The maximum Gasteiger partial charge on any atom is 0.244 e. The Hall–Kier alpha value is -2.79. The summed E-state index contributed by atoms with van der Waals surface area (Å²) in [5.41, 5.74) is 0.887. The second kappa shape index (κ2) is 7.08. The smallest absolute Gasteiger partial charge is 0.244 e. The molecule has 1 aliphatic rings. The summed E-state index contributed by atoms with van der Waals surface area (Å²) in [6.45, 7) is 2.89. The van der Waals surface area contributed by atoms with Crippen LogP contribution in [-0.2, 0) is 11.3 Å². The Morgan fingerprint density at radius 3 is 2.37 bits per heavy atom. The molecule has 0 saturated carbocycles. The summed E-state index contributed by atoms with van der Waals surface area (Å²) in [7, 11) is 0. The van der Waals surface area contributed by atoms with Gasteiger partial charge in [-0.25, -0.2) is 8.78 Å². The van der Waals surface area contributed by atoms with Crippen molar-refractivity contribution < 1.29 is 13.6 Å². The number of carbonyl (C=O) groups excluding carboxylic acids is 1. The molecule has 1 aliphatic heterocycles. The number of hydrogen-bond acceptors (Lipinski definition) is 2. The molecular weight excluding hydrogens is 346 g/mol. The van der Waals surface area contributed by atoms with E-state index in [4.69, 9.17) is 0 Å². The van der Waals surface area contributed by atoms with Gasteiger partial charge in [-0.05, 0) is 30.5 Å². The zero-order valence-electron chi connectivity index (χ0n) is 15.0. The normalized spacial score (nSPS) is 18.3. The van der Waals surface area contributed by atoms with Crippen LogP contribution in [0.2, 0.25) is 0 Å². The highest BCUT2D eigenvalue weighted by Gasteiger charge is 2.33. The summed E-state index contributed by atoms with van der Waals surface area (Å²) in [5.74, 6) is -1.22. The molecule has 1 saturated heterocycles. The van der Waals surface area contributed by atoms with Crippen molar-refractivity contribution in [3.8, 4) is 0 Å². The van der Waals surface area contributed by atoms with E-state index in [-0.39, 0.29) is 18.0 Å². The maximum atomic E-state index is 14.0. The molecule has 5 heteroatoms. The third-order valence-electron chi connectivity index (χ3n) is 5.26. The van der Waals surface area contributed by atoms with Crippen LogP contribution < -0.4 is 4.90 Å². The van der Waals surface area contributed by atoms with Crippen LogP contribution in [0.4, 0.5) is 14.5 Å². The predicted molar refractivity (Wildman–Crippen MR) is 103 cm³/mol. The number of amides is 1. The lowest BCUT2D eigenvalue weighted by molar-refractivity contribution is -0.125. The zero-order valence-corrected chi connectivity index (χ0v) is 15.0. The minimum absolute atomic E-state index is 0.00996. The first-order valence-corrected chi connectivity index (χ1v) is 9.02. The first kappa shape index (κ1) is 17.6. The quantitative estimate of drug-likeness (QED) is 0.688. The highest BCUT2D eigenvalue weighted by atomic mass is 19.1. The van der Waals surface area contributed by atoms with Crippen molar-refractivity contribution in [1.82, 2.24) is 4.90 Å². The molecule has 138 valence electrons. The first-order chi connectivity index (χ1) is 13.1. The zero-order chi connectivity index (χ0) is 19.0. The van der Waals surface area contributed by atoms with Crippen LogP contribution in [0.15, 0.2) is 60.7 Å². The van der Waals surface area contributed by atoms with E-state index < -0.39 is 17.7 Å². The summed E-state index contributed by atoms with van der Waals surface area (Å²) in [6, 6.07) is 17.2. The number of carbonyl (C=O) groups is 1. The second-order valence-electron chi connectivity index (χ2n) is 6.83. The molecule has 4 rings (SSSR count). The molecular formula is C22H20F2N2O. The molecule has 0 bridgehead atoms. The fraction of sp³-hybridized carbons (Fsp3) is 0.227. The van der Waals surface area contributed by atoms with Crippen molar-refractivity contribution >= 4 is 22.4 Å². The van der Waals surface area contributed by atoms with E-state index in [0.29, 0.717) is 13.1 Å². The molecule has 3 aromatic carbocycles. The lowest BCUT2D eigenvalue weighted by atomic mass is 10.0. The molecule has 0 aliphatic carbocycles. The molecule has 0 unspecified atom stereocenters. The van der Waals surface area contributed by atoms with E-state index in [1.165, 1.54) is 18.2 Å². The Morgan fingerprint density at radius 1 is 0.926 bits per heavy atom. The third kappa shape index (κ3) is 3.19. The Bertz CT molecular complexity index is 979. The number of hydrogen-bond donors (Lipinski definition) is 0. The van der Waals surface area contributed by atoms with Crippen molar-refractivity contribution in [3.05, 3.63) is 77.9 Å². The average molecular weight is 366 g/mol. The number of piperazine rings is 1. The van der Waals surface area contributed by atoms with Gasteiger partial charge in [-0.1, -0.05) is 42.5 Å². The topological polar surface area (TPSA) is 23.6 Å². The molecule has 0 aromatic heterocycles. The van der Waals surface area contributed by atoms with Crippen LogP contribution in [0.5, 0.6) is 0 Å². The SMILES string of the molecule is C[C@H]1C(=O)N(c2cccc3ccccc23)CCN1Cc1c(F)cccc1F. The fourth-order valence-electron chi connectivity index (χ4n) is 3.70. The maximum absolute atomic E-state index is 14.0. The van der Waals surface area contributed by atoms with Crippen molar-refractivity contribution in [3.63, 3.8) is 0 Å². The third-order valence-corrected chi connectivity index (χ3v) is 5.26. The van der Waals surface area contributed by atoms with Gasteiger partial charge in [-0.2, -0.15) is 0 Å². The van der Waals surface area contributed by atoms with Gasteiger partial charge in [0.25, 0.3) is 0 Å². The number of nitrogens with zero attached hydrogens (tertiary/aromatic N) is 2. The van der Waals surface area contributed by atoms with Gasteiger partial charge in [-0.3, -0.25) is 9.69 Å². The monoisotopic (exact) mass is 366 g/mol. The van der Waals surface area contributed by atoms with Gasteiger partial charge in [0.1, 0.15) is 11.6 Å². The fourth-order valence-corrected chi connectivity index (χ4v) is 3.70. The number of benzene rings is 3. The highest BCUT2D eigenvalue weighted by Crippen LogP contribution is 2.29. The van der Waals surface area contributed by atoms with E-state index in [1.807, 2.05) is 47.4 Å². The molecule has 27 heavy (non-hydrogen) atoms. The van der Waals surface area contributed by atoms with Crippen LogP contribution in [0.25, 0.3) is 10.8 Å².